The van der Waals surface area contributed by atoms with Crippen molar-refractivity contribution >= 4 is 66.2 Å². The minimum Gasteiger partial charge on any atom is -0.497 e. The zero-order chi connectivity index (χ0) is 27.9. The zero-order valence-corrected chi connectivity index (χ0v) is 26.2. The number of nitrogens with one attached hydrogen (secondary N) is 1. The van der Waals surface area contributed by atoms with Crippen LogP contribution in [0.2, 0.25) is 0 Å². The summed E-state index contributed by atoms with van der Waals surface area (Å²) < 4.78 is 34.7. The number of hydrogen-bond acceptors (Lipinski definition) is 8. The number of rotatable bonds is 8. The van der Waals surface area contributed by atoms with E-state index in [4.69, 9.17) is 9.72 Å². The fourth-order valence-electron chi connectivity index (χ4n) is 5.63. The molecular formula is C29H33ClN4O4S3. The number of para-hydroxylation sites is 1. The van der Waals surface area contributed by atoms with Gasteiger partial charge in [0.1, 0.15) is 21.8 Å². The average Bonchev–Trinajstić information content (AvgIpc) is 3.69. The van der Waals surface area contributed by atoms with Crippen LogP contribution in [0.4, 0.5) is 5.00 Å². The van der Waals surface area contributed by atoms with E-state index in [-0.39, 0.29) is 23.2 Å². The second-order valence-corrected chi connectivity index (χ2v) is 14.2. The Bertz CT molecular complexity index is 1620. The van der Waals surface area contributed by atoms with Crippen molar-refractivity contribution in [3.8, 4) is 16.3 Å². The number of amides is 1. The smallest absolute Gasteiger partial charge is 0.243 e. The summed E-state index contributed by atoms with van der Waals surface area (Å²) >= 11 is 3.24. The Kier molecular flexibility index (Phi) is 9.03. The second kappa shape index (κ2) is 12.4. The molecule has 0 radical (unpaired) electrons. The van der Waals surface area contributed by atoms with Gasteiger partial charge in [-0.3, -0.25) is 9.69 Å². The van der Waals surface area contributed by atoms with Crippen molar-refractivity contribution < 1.29 is 17.9 Å². The molecule has 2 aliphatic heterocycles. The first kappa shape index (κ1) is 29.9. The molecule has 1 atom stereocenters. The lowest BCUT2D eigenvalue weighted by atomic mass is 10.0. The molecular weight excluding hydrogens is 600 g/mol. The molecule has 4 heterocycles. The van der Waals surface area contributed by atoms with Gasteiger partial charge in [-0.2, -0.15) is 4.31 Å². The molecule has 8 nitrogen and oxygen atoms in total. The molecule has 41 heavy (non-hydrogen) atoms. The zero-order valence-electron chi connectivity index (χ0n) is 23.0. The highest BCUT2D eigenvalue weighted by Crippen LogP contribution is 2.46. The number of aromatic nitrogens is 1. The van der Waals surface area contributed by atoms with Gasteiger partial charge in [0.05, 0.1) is 22.2 Å². The SMILES string of the molecule is CCCN1CCc2c(sc(NC(=O)C3CCCN3S(=O)(=O)c3ccc(OC)cc3)c2-c2nc3ccccc3s2)C1.Cl. The number of thiazole rings is 1. The topological polar surface area (TPSA) is 91.8 Å². The summed E-state index contributed by atoms with van der Waals surface area (Å²) in [5.74, 6) is 0.289. The maximum absolute atomic E-state index is 13.8. The van der Waals surface area contributed by atoms with E-state index in [9.17, 15) is 13.2 Å². The van der Waals surface area contributed by atoms with Crippen molar-refractivity contribution in [1.82, 2.24) is 14.2 Å². The maximum Gasteiger partial charge on any atom is 0.243 e. The van der Waals surface area contributed by atoms with Crippen molar-refractivity contribution in [2.24, 2.45) is 0 Å². The molecule has 12 heteroatoms. The number of thiophene rings is 1. The van der Waals surface area contributed by atoms with Crippen molar-refractivity contribution in [3.63, 3.8) is 0 Å². The monoisotopic (exact) mass is 632 g/mol. The number of methoxy groups -OCH3 is 1. The quantitative estimate of drug-likeness (QED) is 0.256. The number of hydrogen-bond donors (Lipinski definition) is 1. The van der Waals surface area contributed by atoms with E-state index in [1.54, 1.807) is 34.8 Å². The molecule has 0 saturated carbocycles. The third-order valence-electron chi connectivity index (χ3n) is 7.59. The Morgan fingerprint density at radius 2 is 1.90 bits per heavy atom. The first-order chi connectivity index (χ1) is 19.4. The molecule has 4 aromatic rings. The predicted molar refractivity (Wildman–Crippen MR) is 168 cm³/mol. The van der Waals surface area contributed by atoms with E-state index in [0.29, 0.717) is 25.1 Å². The third-order valence-corrected chi connectivity index (χ3v) is 11.7. The van der Waals surface area contributed by atoms with E-state index in [1.165, 1.54) is 34.0 Å². The van der Waals surface area contributed by atoms with Crippen LogP contribution >= 0.6 is 35.1 Å². The normalized spacial score (nSPS) is 17.8. The van der Waals surface area contributed by atoms with Gasteiger partial charge in [0.2, 0.25) is 15.9 Å². The minimum absolute atomic E-state index is 0. The number of anilines is 1. The number of fused-ring (bicyclic) bond motifs is 2. The molecule has 0 bridgehead atoms. The van der Waals surface area contributed by atoms with Gasteiger partial charge < -0.3 is 10.1 Å². The summed E-state index contributed by atoms with van der Waals surface area (Å²) in [6.07, 6.45) is 3.10. The number of nitrogens with zero attached hydrogens (tertiary/aromatic N) is 3. The van der Waals surface area contributed by atoms with Crippen molar-refractivity contribution in [3.05, 3.63) is 59.0 Å². The third kappa shape index (κ3) is 5.76. The fourth-order valence-corrected chi connectivity index (χ4v) is 9.69. The van der Waals surface area contributed by atoms with Crippen LogP contribution in [-0.2, 0) is 27.8 Å². The number of carbonyl (C=O) groups is 1. The van der Waals surface area contributed by atoms with Crippen LogP contribution in [0, 0.1) is 0 Å². The molecule has 1 saturated heterocycles. The van der Waals surface area contributed by atoms with E-state index in [0.717, 1.165) is 58.3 Å². The molecule has 2 aliphatic rings. The summed E-state index contributed by atoms with van der Waals surface area (Å²) in [6, 6.07) is 13.6. The van der Waals surface area contributed by atoms with Gasteiger partial charge in [-0.05, 0) is 74.2 Å². The second-order valence-electron chi connectivity index (χ2n) is 10.2. The van der Waals surface area contributed by atoms with Gasteiger partial charge in [-0.15, -0.1) is 35.1 Å². The van der Waals surface area contributed by atoms with Crippen molar-refractivity contribution in [2.45, 2.75) is 50.1 Å². The lowest BCUT2D eigenvalue weighted by Gasteiger charge is -2.26. The summed E-state index contributed by atoms with van der Waals surface area (Å²) in [4.78, 5) is 22.6. The van der Waals surface area contributed by atoms with E-state index in [1.807, 2.05) is 18.2 Å². The molecule has 1 unspecified atom stereocenters. The lowest BCUT2D eigenvalue weighted by Crippen LogP contribution is -2.43. The molecule has 218 valence electrons. The number of halogens is 1. The summed E-state index contributed by atoms with van der Waals surface area (Å²) in [7, 11) is -2.30. The van der Waals surface area contributed by atoms with E-state index in [2.05, 4.69) is 23.2 Å². The van der Waals surface area contributed by atoms with Crippen molar-refractivity contribution in [1.29, 1.82) is 0 Å². The lowest BCUT2D eigenvalue weighted by molar-refractivity contribution is -0.119. The Labute approximate surface area is 254 Å². The first-order valence-electron chi connectivity index (χ1n) is 13.6. The standard InChI is InChI=1S/C29H32N4O4S3.ClH/c1-3-15-32-17-14-21-25(18-32)39-29(26(21)28-30-22-7-4-5-9-24(22)38-28)31-27(34)23-8-6-16-33(23)40(35,36)20-12-10-19(37-2)11-13-20;/h4-5,7,9-13,23H,3,6,8,14-18H2,1-2H3,(H,31,34);1H. The van der Waals surface area contributed by atoms with Gasteiger partial charge in [0.25, 0.3) is 0 Å². The fraction of sp³-hybridized carbons (Fsp3) is 0.379. The van der Waals surface area contributed by atoms with Crippen LogP contribution in [0.1, 0.15) is 36.6 Å². The van der Waals surface area contributed by atoms with Gasteiger partial charge in [-0.1, -0.05) is 19.1 Å². The first-order valence-corrected chi connectivity index (χ1v) is 16.7. The number of sulfonamides is 1. The number of ether oxygens (including phenoxy) is 1. The largest absolute Gasteiger partial charge is 0.497 e. The summed E-state index contributed by atoms with van der Waals surface area (Å²) in [6.45, 7) is 5.36. The van der Waals surface area contributed by atoms with E-state index < -0.39 is 16.1 Å². The number of benzene rings is 2. The highest BCUT2D eigenvalue weighted by atomic mass is 35.5. The molecule has 2 aromatic heterocycles. The Morgan fingerprint density at radius 1 is 1.12 bits per heavy atom. The van der Waals surface area contributed by atoms with Gasteiger partial charge in [-0.25, -0.2) is 13.4 Å². The van der Waals surface area contributed by atoms with Crippen LogP contribution < -0.4 is 10.1 Å². The summed E-state index contributed by atoms with van der Waals surface area (Å²) in [5, 5.41) is 4.83. The molecule has 0 aliphatic carbocycles. The van der Waals surface area contributed by atoms with Crippen molar-refractivity contribution in [2.75, 3.05) is 32.1 Å². The molecule has 6 rings (SSSR count). The summed E-state index contributed by atoms with van der Waals surface area (Å²) in [5.41, 5.74) is 3.18. The van der Waals surface area contributed by atoms with Crippen LogP contribution in [0.25, 0.3) is 20.8 Å². The van der Waals surface area contributed by atoms with Gasteiger partial charge >= 0.3 is 0 Å². The molecule has 1 N–H and O–H groups in total. The maximum atomic E-state index is 13.8. The van der Waals surface area contributed by atoms with Crippen LogP contribution in [0.5, 0.6) is 5.75 Å². The van der Waals surface area contributed by atoms with Gasteiger partial charge in [0, 0.05) is 30.1 Å². The highest BCUT2D eigenvalue weighted by Gasteiger charge is 2.40. The molecule has 2 aromatic carbocycles. The average molecular weight is 633 g/mol. The Hall–Kier alpha value is -2.54. The Balaban J connectivity index is 0.00000337. The molecule has 1 amide bonds. The predicted octanol–water partition coefficient (Wildman–Crippen LogP) is 6.02. The molecule has 0 spiro atoms. The Morgan fingerprint density at radius 3 is 2.63 bits per heavy atom. The number of carbonyl (C=O) groups excluding carboxylic acids is 1. The van der Waals surface area contributed by atoms with Gasteiger partial charge in [0.15, 0.2) is 0 Å². The molecule has 1 fully saturated rings. The minimum atomic E-state index is -3.84. The van der Waals surface area contributed by atoms with Crippen LogP contribution in [0.3, 0.4) is 0 Å². The highest BCUT2D eigenvalue weighted by molar-refractivity contribution is 7.89. The van der Waals surface area contributed by atoms with Crippen LogP contribution in [-0.4, -0.2) is 61.3 Å². The van der Waals surface area contributed by atoms with Crippen LogP contribution in [0.15, 0.2) is 53.4 Å². The van der Waals surface area contributed by atoms with E-state index >= 15 is 0 Å².